The van der Waals surface area contributed by atoms with Gasteiger partial charge >= 0.3 is 7.12 Å². The van der Waals surface area contributed by atoms with Gasteiger partial charge in [-0.05, 0) is 75.3 Å². The molecule has 8 heteroatoms. The molecule has 5 rings (SSSR count). The van der Waals surface area contributed by atoms with E-state index in [0.29, 0.717) is 37.3 Å². The van der Waals surface area contributed by atoms with Crippen LogP contribution in [0.4, 0.5) is 0 Å². The molecule has 2 aromatic heterocycles. The van der Waals surface area contributed by atoms with Gasteiger partial charge in [-0.25, -0.2) is 0 Å². The summed E-state index contributed by atoms with van der Waals surface area (Å²) in [6.07, 6.45) is 6.98. The predicted molar refractivity (Wildman–Crippen MR) is 184 cm³/mol. The SMILES string of the molecule is C=C(CO[Si](c1ccccc1)(c1ccccc1)C(C)(C)C)C1=CCB(O)OC1CC/C(=C/c1ccc(CO)o1)c1ccccn1. The third-order valence-corrected chi connectivity index (χ3v) is 13.3. The molecule has 0 spiro atoms. The van der Waals surface area contributed by atoms with Crippen LogP contribution in [0.1, 0.15) is 50.8 Å². The van der Waals surface area contributed by atoms with Gasteiger partial charge < -0.3 is 23.6 Å². The van der Waals surface area contributed by atoms with Gasteiger partial charge in [0, 0.05) is 12.5 Å². The molecular weight excluding hydrogens is 577 g/mol. The Morgan fingerprint density at radius 3 is 2.24 bits per heavy atom. The number of hydrogen-bond donors (Lipinski definition) is 2. The maximum atomic E-state index is 10.5. The van der Waals surface area contributed by atoms with Crippen molar-refractivity contribution >= 4 is 37.5 Å². The molecule has 1 atom stereocenters. The van der Waals surface area contributed by atoms with Gasteiger partial charge in [0.15, 0.2) is 0 Å². The number of allylic oxidation sites excluding steroid dienone is 2. The number of aliphatic hydroxyl groups excluding tert-OH is 1. The van der Waals surface area contributed by atoms with Gasteiger partial charge in [-0.2, -0.15) is 0 Å². The Morgan fingerprint density at radius 2 is 1.67 bits per heavy atom. The summed E-state index contributed by atoms with van der Waals surface area (Å²) >= 11 is 0. The van der Waals surface area contributed by atoms with Gasteiger partial charge in [-0.1, -0.05) is 100 Å². The van der Waals surface area contributed by atoms with Crippen molar-refractivity contribution in [3.63, 3.8) is 0 Å². The number of hydrogen-bond acceptors (Lipinski definition) is 6. The molecule has 0 aliphatic carbocycles. The van der Waals surface area contributed by atoms with E-state index >= 15 is 0 Å². The van der Waals surface area contributed by atoms with Gasteiger partial charge in [0.25, 0.3) is 8.32 Å². The van der Waals surface area contributed by atoms with Gasteiger partial charge in [0.1, 0.15) is 18.1 Å². The summed E-state index contributed by atoms with van der Waals surface area (Å²) in [5, 5.41) is 22.2. The zero-order valence-corrected chi connectivity index (χ0v) is 27.4. The Bertz CT molecular complexity index is 1570. The summed E-state index contributed by atoms with van der Waals surface area (Å²) in [6.45, 7) is 11.5. The second-order valence-electron chi connectivity index (χ2n) is 12.4. The predicted octanol–water partition coefficient (Wildman–Crippen LogP) is 6.43. The van der Waals surface area contributed by atoms with Crippen LogP contribution in [0.25, 0.3) is 11.6 Å². The van der Waals surface area contributed by atoms with Crippen LogP contribution in [-0.4, -0.2) is 43.3 Å². The van der Waals surface area contributed by atoms with Crippen molar-refractivity contribution in [2.24, 2.45) is 0 Å². The molecule has 3 heterocycles. The Balaban J connectivity index is 1.40. The molecule has 0 bridgehead atoms. The molecule has 1 aliphatic heterocycles. The molecule has 0 saturated carbocycles. The van der Waals surface area contributed by atoms with Crippen molar-refractivity contribution in [1.82, 2.24) is 4.98 Å². The molecule has 2 N–H and O–H groups in total. The highest BCUT2D eigenvalue weighted by molar-refractivity contribution is 6.99. The highest BCUT2D eigenvalue weighted by Gasteiger charge is 2.50. The molecule has 6 nitrogen and oxygen atoms in total. The fourth-order valence-electron chi connectivity index (χ4n) is 6.16. The first-order valence-electron chi connectivity index (χ1n) is 15.5. The molecule has 0 amide bonds. The van der Waals surface area contributed by atoms with Crippen LogP contribution in [0.2, 0.25) is 11.4 Å². The Morgan fingerprint density at radius 1 is 1.00 bits per heavy atom. The van der Waals surface area contributed by atoms with Crippen molar-refractivity contribution in [3.05, 3.63) is 138 Å². The standard InChI is InChI=1S/C37H42BNO5Si/c1-28(27-42-45(37(2,3)4,32-13-7-5-8-14-32)33-15-9-6-10-16-33)34-22-23-38(41)44-36(34)21-18-29(35-17-11-12-24-39-35)25-30-19-20-31(26-40)43-30/h5-17,19-20,22,24-25,36,40-41H,1,18,21,23,26-27H2,2-4H3/b29-25-. The minimum absolute atomic E-state index is 0.160. The zero-order valence-electron chi connectivity index (χ0n) is 26.4. The summed E-state index contributed by atoms with van der Waals surface area (Å²) in [5.41, 5.74) is 3.60. The van der Waals surface area contributed by atoms with E-state index in [2.05, 4.69) is 80.9 Å². The minimum Gasteiger partial charge on any atom is -0.459 e. The first-order chi connectivity index (χ1) is 21.7. The van der Waals surface area contributed by atoms with Crippen molar-refractivity contribution < 1.29 is 23.6 Å². The van der Waals surface area contributed by atoms with Crippen LogP contribution in [0.15, 0.2) is 125 Å². The smallest absolute Gasteiger partial charge is 0.458 e. The summed E-state index contributed by atoms with van der Waals surface area (Å²) in [5.74, 6) is 1.14. The van der Waals surface area contributed by atoms with E-state index in [4.69, 9.17) is 13.5 Å². The number of nitrogens with zero attached hydrogens (tertiary/aromatic N) is 1. The van der Waals surface area contributed by atoms with Crippen LogP contribution in [0, 0.1) is 0 Å². The van der Waals surface area contributed by atoms with Crippen LogP contribution >= 0.6 is 0 Å². The van der Waals surface area contributed by atoms with Crippen molar-refractivity contribution in [3.8, 4) is 0 Å². The average Bonchev–Trinajstić information content (AvgIpc) is 3.52. The van der Waals surface area contributed by atoms with Gasteiger partial charge in [0.05, 0.1) is 18.4 Å². The van der Waals surface area contributed by atoms with Crippen LogP contribution in [0.3, 0.4) is 0 Å². The highest BCUT2D eigenvalue weighted by Crippen LogP contribution is 2.38. The van der Waals surface area contributed by atoms with E-state index in [1.807, 2.05) is 48.6 Å². The van der Waals surface area contributed by atoms with E-state index in [9.17, 15) is 10.1 Å². The molecule has 1 unspecified atom stereocenters. The van der Waals surface area contributed by atoms with Crippen molar-refractivity contribution in [1.29, 1.82) is 0 Å². The fraction of sp³-hybridized carbons (Fsp3) is 0.270. The Labute approximate surface area is 268 Å². The molecule has 232 valence electrons. The second kappa shape index (κ2) is 14.5. The number of pyridine rings is 1. The van der Waals surface area contributed by atoms with E-state index in [1.165, 1.54) is 10.4 Å². The van der Waals surface area contributed by atoms with E-state index in [0.717, 1.165) is 22.4 Å². The third kappa shape index (κ3) is 7.55. The zero-order chi connectivity index (χ0) is 31.9. The lowest BCUT2D eigenvalue weighted by Gasteiger charge is -2.43. The van der Waals surface area contributed by atoms with E-state index in [1.54, 1.807) is 12.3 Å². The first-order valence-corrected chi connectivity index (χ1v) is 17.4. The topological polar surface area (TPSA) is 85.0 Å². The van der Waals surface area contributed by atoms with Crippen molar-refractivity contribution in [2.75, 3.05) is 6.61 Å². The van der Waals surface area contributed by atoms with Crippen LogP contribution in [-0.2, 0) is 15.7 Å². The lowest BCUT2D eigenvalue weighted by molar-refractivity contribution is 0.182. The number of benzene rings is 2. The quantitative estimate of drug-likeness (QED) is 0.178. The first kappa shape index (κ1) is 32.6. The fourth-order valence-corrected chi connectivity index (χ4v) is 10.7. The molecular formula is C37H42BNO5Si. The lowest BCUT2D eigenvalue weighted by Crippen LogP contribution is -2.66. The lowest BCUT2D eigenvalue weighted by atomic mass is 9.78. The second-order valence-corrected chi connectivity index (χ2v) is 16.7. The third-order valence-electron chi connectivity index (χ3n) is 8.32. The normalized spacial score (nSPS) is 16.0. The summed E-state index contributed by atoms with van der Waals surface area (Å²) in [6, 6.07) is 30.6. The van der Waals surface area contributed by atoms with Crippen molar-refractivity contribution in [2.45, 2.75) is 57.7 Å². The molecule has 0 radical (unpaired) electrons. The van der Waals surface area contributed by atoms with Gasteiger partial charge in [-0.3, -0.25) is 4.98 Å². The number of furan rings is 1. The van der Waals surface area contributed by atoms with E-state index < -0.39 is 15.4 Å². The molecule has 45 heavy (non-hydrogen) atoms. The Hall–Kier alpha value is -3.79. The largest absolute Gasteiger partial charge is 0.459 e. The molecule has 4 aromatic rings. The monoisotopic (exact) mass is 619 g/mol. The van der Waals surface area contributed by atoms with Gasteiger partial charge in [0.2, 0.25) is 0 Å². The summed E-state index contributed by atoms with van der Waals surface area (Å²) in [4.78, 5) is 4.57. The summed E-state index contributed by atoms with van der Waals surface area (Å²) in [7, 11) is -3.65. The molecule has 1 aliphatic rings. The molecule has 0 fully saturated rings. The minimum atomic E-state index is -2.76. The number of aromatic nitrogens is 1. The van der Waals surface area contributed by atoms with E-state index in [-0.39, 0.29) is 17.7 Å². The molecule has 2 aromatic carbocycles. The average molecular weight is 620 g/mol. The van der Waals surface area contributed by atoms with Crippen LogP contribution in [0.5, 0.6) is 0 Å². The summed E-state index contributed by atoms with van der Waals surface area (Å²) < 4.78 is 19.0. The maximum absolute atomic E-state index is 10.5. The highest BCUT2D eigenvalue weighted by atomic mass is 28.4. The number of aliphatic hydroxyl groups is 1. The maximum Gasteiger partial charge on any atom is 0.458 e. The Kier molecular flexibility index (Phi) is 10.5. The van der Waals surface area contributed by atoms with Gasteiger partial charge in [-0.15, -0.1) is 0 Å². The molecule has 0 saturated heterocycles. The number of rotatable bonds is 12. The van der Waals surface area contributed by atoms with Crippen LogP contribution < -0.4 is 10.4 Å².